The molecule has 0 spiro atoms. The Morgan fingerprint density at radius 3 is 2.92 bits per heavy atom. The minimum atomic E-state index is -0.451. The lowest BCUT2D eigenvalue weighted by molar-refractivity contribution is -0.384. The fourth-order valence-corrected chi connectivity index (χ4v) is 4.13. The third kappa shape index (κ3) is 3.83. The highest BCUT2D eigenvalue weighted by atomic mass is 32.1. The number of carbonyl (C=O) groups excluding carboxylic acids is 2. The molecule has 26 heavy (non-hydrogen) atoms. The number of nitro groups is 1. The van der Waals surface area contributed by atoms with Crippen LogP contribution in [-0.4, -0.2) is 47.8 Å². The van der Waals surface area contributed by atoms with Gasteiger partial charge in [-0.25, -0.2) is 0 Å². The number of non-ortho nitro benzene ring substituents is 1. The Bertz CT molecular complexity index is 850. The number of piperidine rings is 1. The summed E-state index contributed by atoms with van der Waals surface area (Å²) in [6.07, 6.45) is 1.52. The van der Waals surface area contributed by atoms with E-state index in [1.165, 1.54) is 23.5 Å². The van der Waals surface area contributed by atoms with E-state index in [1.807, 2.05) is 0 Å². The number of nitrogens with zero attached hydrogens (tertiary/aromatic N) is 2. The van der Waals surface area contributed by atoms with Crippen LogP contribution < -0.4 is 11.1 Å². The van der Waals surface area contributed by atoms with Crippen LogP contribution in [0.5, 0.6) is 0 Å². The first-order valence-electron chi connectivity index (χ1n) is 8.44. The number of nitrogens with two attached hydrogens (primary N) is 1. The van der Waals surface area contributed by atoms with Crippen molar-refractivity contribution in [3.05, 3.63) is 39.3 Å². The van der Waals surface area contributed by atoms with Crippen LogP contribution in [0.2, 0.25) is 0 Å². The standard InChI is InChI=1S/C17H20N4O4S/c18-5-6-19-16(22)11-2-1-7-20(10-11)17(23)15-9-12-8-13(21(24)25)3-4-14(12)26-15/h3-4,8-9,11H,1-2,5-7,10,18H2,(H,19,22). The normalized spacial score (nSPS) is 17.3. The molecule has 2 aromatic rings. The van der Waals surface area contributed by atoms with Crippen LogP contribution in [0.25, 0.3) is 10.1 Å². The van der Waals surface area contributed by atoms with Crippen molar-refractivity contribution in [2.24, 2.45) is 11.7 Å². The van der Waals surface area contributed by atoms with Gasteiger partial charge in [0, 0.05) is 48.4 Å². The molecule has 0 saturated carbocycles. The predicted molar refractivity (Wildman–Crippen MR) is 99.2 cm³/mol. The number of amides is 2. The minimum Gasteiger partial charge on any atom is -0.355 e. The second-order valence-electron chi connectivity index (χ2n) is 6.26. The van der Waals surface area contributed by atoms with Crippen LogP contribution in [-0.2, 0) is 4.79 Å². The van der Waals surface area contributed by atoms with Crippen molar-refractivity contribution in [2.75, 3.05) is 26.2 Å². The summed E-state index contributed by atoms with van der Waals surface area (Å²) < 4.78 is 0.827. The fraction of sp³-hybridized carbons (Fsp3) is 0.412. The number of thiophene rings is 1. The largest absolute Gasteiger partial charge is 0.355 e. The molecule has 1 aromatic carbocycles. The van der Waals surface area contributed by atoms with E-state index in [2.05, 4.69) is 5.32 Å². The van der Waals surface area contributed by atoms with Gasteiger partial charge in [-0.1, -0.05) is 0 Å². The lowest BCUT2D eigenvalue weighted by atomic mass is 9.97. The molecule has 1 fully saturated rings. The van der Waals surface area contributed by atoms with Gasteiger partial charge in [-0.3, -0.25) is 19.7 Å². The minimum absolute atomic E-state index is 0.00362. The molecular weight excluding hydrogens is 356 g/mol. The smallest absolute Gasteiger partial charge is 0.270 e. The fourth-order valence-electron chi connectivity index (χ4n) is 3.12. The van der Waals surface area contributed by atoms with Gasteiger partial charge < -0.3 is 16.0 Å². The van der Waals surface area contributed by atoms with Crippen LogP contribution in [0.15, 0.2) is 24.3 Å². The van der Waals surface area contributed by atoms with Crippen LogP contribution in [0.3, 0.4) is 0 Å². The van der Waals surface area contributed by atoms with Crippen molar-refractivity contribution in [3.8, 4) is 0 Å². The Kier molecular flexibility index (Phi) is 5.48. The molecule has 9 heteroatoms. The van der Waals surface area contributed by atoms with E-state index in [4.69, 9.17) is 5.73 Å². The zero-order valence-electron chi connectivity index (χ0n) is 14.1. The maximum atomic E-state index is 12.8. The summed E-state index contributed by atoms with van der Waals surface area (Å²) in [5.41, 5.74) is 5.41. The third-order valence-electron chi connectivity index (χ3n) is 4.44. The van der Waals surface area contributed by atoms with Gasteiger partial charge >= 0.3 is 0 Å². The molecule has 3 N–H and O–H groups in total. The SMILES string of the molecule is NCCNC(=O)C1CCCN(C(=O)c2cc3cc([N+](=O)[O-])ccc3s2)C1. The first-order valence-corrected chi connectivity index (χ1v) is 9.26. The second kappa shape index (κ2) is 7.79. The number of nitrogens with one attached hydrogen (secondary N) is 1. The number of nitro benzene ring substituents is 1. The maximum absolute atomic E-state index is 12.8. The first kappa shape index (κ1) is 18.3. The molecular formula is C17H20N4O4S. The molecule has 1 atom stereocenters. The zero-order chi connectivity index (χ0) is 18.7. The molecule has 0 aliphatic carbocycles. The summed E-state index contributed by atoms with van der Waals surface area (Å²) in [6.45, 7) is 1.80. The van der Waals surface area contributed by atoms with E-state index < -0.39 is 4.92 Å². The van der Waals surface area contributed by atoms with Gasteiger partial charge in [0.2, 0.25) is 5.91 Å². The number of likely N-dealkylation sites (tertiary alicyclic amines) is 1. The maximum Gasteiger partial charge on any atom is 0.270 e. The molecule has 1 aliphatic heterocycles. The Balaban J connectivity index is 1.74. The Morgan fingerprint density at radius 1 is 1.38 bits per heavy atom. The quantitative estimate of drug-likeness (QED) is 0.608. The molecule has 8 nitrogen and oxygen atoms in total. The van der Waals surface area contributed by atoms with Crippen molar-refractivity contribution < 1.29 is 14.5 Å². The number of hydrogen-bond acceptors (Lipinski definition) is 6. The van der Waals surface area contributed by atoms with Crippen molar-refractivity contribution in [3.63, 3.8) is 0 Å². The molecule has 3 rings (SSSR count). The predicted octanol–water partition coefficient (Wildman–Crippen LogP) is 1.74. The van der Waals surface area contributed by atoms with Crippen LogP contribution in [0.4, 0.5) is 5.69 Å². The van der Waals surface area contributed by atoms with Gasteiger partial charge in [0.1, 0.15) is 0 Å². The molecule has 138 valence electrons. The Hall–Kier alpha value is -2.52. The molecule has 0 radical (unpaired) electrons. The number of fused-ring (bicyclic) bond motifs is 1. The van der Waals surface area contributed by atoms with E-state index in [0.29, 0.717) is 36.4 Å². The van der Waals surface area contributed by atoms with E-state index >= 15 is 0 Å². The van der Waals surface area contributed by atoms with Crippen molar-refractivity contribution >= 4 is 38.9 Å². The molecule has 0 bridgehead atoms. The highest BCUT2D eigenvalue weighted by Gasteiger charge is 2.29. The van der Waals surface area contributed by atoms with Crippen LogP contribution in [0, 0.1) is 16.0 Å². The summed E-state index contributed by atoms with van der Waals surface area (Å²) in [6, 6.07) is 6.26. The van der Waals surface area contributed by atoms with E-state index in [1.54, 1.807) is 17.0 Å². The lowest BCUT2D eigenvalue weighted by Crippen LogP contribution is -2.46. The highest BCUT2D eigenvalue weighted by molar-refractivity contribution is 7.20. The van der Waals surface area contributed by atoms with E-state index in [0.717, 1.165) is 17.5 Å². The summed E-state index contributed by atoms with van der Waals surface area (Å²) in [5.74, 6) is -0.431. The summed E-state index contributed by atoms with van der Waals surface area (Å²) in [5, 5.41) is 14.4. The summed E-state index contributed by atoms with van der Waals surface area (Å²) in [4.78, 5) is 37.6. The lowest BCUT2D eigenvalue weighted by Gasteiger charge is -2.31. The van der Waals surface area contributed by atoms with Gasteiger partial charge in [0.05, 0.1) is 15.7 Å². The van der Waals surface area contributed by atoms with Gasteiger partial charge in [-0.05, 0) is 25.0 Å². The van der Waals surface area contributed by atoms with Crippen molar-refractivity contribution in [1.29, 1.82) is 0 Å². The van der Waals surface area contributed by atoms with Crippen LogP contribution >= 0.6 is 11.3 Å². The van der Waals surface area contributed by atoms with Crippen molar-refractivity contribution in [2.45, 2.75) is 12.8 Å². The average molecular weight is 376 g/mol. The Labute approximate surface area is 154 Å². The van der Waals surface area contributed by atoms with Crippen molar-refractivity contribution in [1.82, 2.24) is 10.2 Å². The van der Waals surface area contributed by atoms with E-state index in [-0.39, 0.29) is 23.4 Å². The van der Waals surface area contributed by atoms with E-state index in [9.17, 15) is 19.7 Å². The molecule has 1 saturated heterocycles. The number of hydrogen-bond donors (Lipinski definition) is 2. The number of carbonyl (C=O) groups is 2. The molecule has 2 heterocycles. The highest BCUT2D eigenvalue weighted by Crippen LogP contribution is 2.30. The third-order valence-corrected chi connectivity index (χ3v) is 5.55. The zero-order valence-corrected chi connectivity index (χ0v) is 15.0. The Morgan fingerprint density at radius 2 is 2.19 bits per heavy atom. The average Bonchev–Trinajstić information content (AvgIpc) is 3.08. The summed E-state index contributed by atoms with van der Waals surface area (Å²) in [7, 11) is 0. The van der Waals surface area contributed by atoms with Gasteiger partial charge in [0.15, 0.2) is 0 Å². The van der Waals surface area contributed by atoms with Gasteiger partial charge in [-0.2, -0.15) is 0 Å². The van der Waals surface area contributed by atoms with Gasteiger partial charge in [-0.15, -0.1) is 11.3 Å². The second-order valence-corrected chi connectivity index (χ2v) is 7.34. The number of rotatable bonds is 5. The molecule has 1 unspecified atom stereocenters. The molecule has 1 aromatic heterocycles. The monoisotopic (exact) mass is 376 g/mol. The topological polar surface area (TPSA) is 119 Å². The summed E-state index contributed by atoms with van der Waals surface area (Å²) >= 11 is 1.31. The van der Waals surface area contributed by atoms with Crippen LogP contribution in [0.1, 0.15) is 22.5 Å². The van der Waals surface area contributed by atoms with Gasteiger partial charge in [0.25, 0.3) is 11.6 Å². The molecule has 2 amide bonds. The first-order chi connectivity index (χ1) is 12.5. The molecule has 1 aliphatic rings. The number of benzene rings is 1.